The molecule has 1 rings (SSSR count). The van der Waals surface area contributed by atoms with Crippen molar-refractivity contribution in [3.05, 3.63) is 23.7 Å². The first kappa shape index (κ1) is 7.39. The van der Waals surface area contributed by atoms with Gasteiger partial charge in [-0.05, 0) is 24.5 Å². The van der Waals surface area contributed by atoms with Crippen LogP contribution in [-0.4, -0.2) is 0 Å². The fourth-order valence-corrected chi connectivity index (χ4v) is 1.13. The first-order valence-electron chi connectivity index (χ1n) is 3.93. The van der Waals surface area contributed by atoms with Crippen LogP contribution in [-0.2, 0) is 12.8 Å². The van der Waals surface area contributed by atoms with Gasteiger partial charge in [0.05, 0.1) is 6.26 Å². The van der Waals surface area contributed by atoms with Gasteiger partial charge in [0.15, 0.2) is 0 Å². The number of hydrogen-bond acceptors (Lipinski definition) is 1. The summed E-state index contributed by atoms with van der Waals surface area (Å²) in [4.78, 5) is 0. The maximum Gasteiger partial charge on any atom is 0.106 e. The molecule has 1 heterocycles. The summed E-state index contributed by atoms with van der Waals surface area (Å²) in [5.41, 5.74) is 1.36. The van der Waals surface area contributed by atoms with E-state index >= 15 is 0 Å². The lowest BCUT2D eigenvalue weighted by atomic mass is 10.1. The van der Waals surface area contributed by atoms with E-state index < -0.39 is 0 Å². The summed E-state index contributed by atoms with van der Waals surface area (Å²) in [5.74, 6) is 1.17. The highest BCUT2D eigenvalue weighted by Gasteiger charge is 2.00. The molecule has 0 fully saturated rings. The van der Waals surface area contributed by atoms with Gasteiger partial charge >= 0.3 is 0 Å². The lowest BCUT2D eigenvalue weighted by Crippen LogP contribution is -1.85. The van der Waals surface area contributed by atoms with Crippen molar-refractivity contribution < 1.29 is 4.42 Å². The van der Waals surface area contributed by atoms with Gasteiger partial charge in [-0.2, -0.15) is 0 Å². The minimum atomic E-state index is 1.08. The molecule has 1 nitrogen and oxygen atoms in total. The maximum absolute atomic E-state index is 5.30. The summed E-state index contributed by atoms with van der Waals surface area (Å²) >= 11 is 0. The van der Waals surface area contributed by atoms with Crippen LogP contribution >= 0.6 is 0 Å². The molecule has 0 radical (unpaired) electrons. The fraction of sp³-hybridized carbons (Fsp3) is 0.556. The third kappa shape index (κ3) is 1.41. The van der Waals surface area contributed by atoms with Gasteiger partial charge in [-0.3, -0.25) is 0 Å². The molecule has 0 atom stereocenters. The van der Waals surface area contributed by atoms with E-state index in [0.717, 1.165) is 12.8 Å². The van der Waals surface area contributed by atoms with Crippen molar-refractivity contribution in [3.63, 3.8) is 0 Å². The molecule has 0 spiro atoms. The van der Waals surface area contributed by atoms with Crippen LogP contribution in [0.15, 0.2) is 16.7 Å². The van der Waals surface area contributed by atoms with Gasteiger partial charge in [-0.1, -0.05) is 13.8 Å². The van der Waals surface area contributed by atoms with Gasteiger partial charge in [-0.25, -0.2) is 0 Å². The number of aryl methyl sites for hydroxylation is 2. The van der Waals surface area contributed by atoms with E-state index in [1.807, 2.05) is 0 Å². The van der Waals surface area contributed by atoms with Crippen molar-refractivity contribution in [2.75, 3.05) is 0 Å². The van der Waals surface area contributed by atoms with E-state index in [4.69, 9.17) is 4.42 Å². The van der Waals surface area contributed by atoms with Crippen LogP contribution < -0.4 is 0 Å². The van der Waals surface area contributed by atoms with Crippen LogP contribution in [0.5, 0.6) is 0 Å². The van der Waals surface area contributed by atoms with E-state index in [0.29, 0.717) is 0 Å². The Hall–Kier alpha value is -0.720. The first-order chi connectivity index (χ1) is 4.88. The minimum absolute atomic E-state index is 1.08. The average molecular weight is 138 g/mol. The molecule has 0 aliphatic heterocycles. The van der Waals surface area contributed by atoms with Crippen LogP contribution in [0, 0.1) is 0 Å². The number of hydrogen-bond donors (Lipinski definition) is 0. The quantitative estimate of drug-likeness (QED) is 0.626. The summed E-state index contributed by atoms with van der Waals surface area (Å²) in [6.45, 7) is 4.33. The summed E-state index contributed by atoms with van der Waals surface area (Å²) in [5, 5.41) is 0. The van der Waals surface area contributed by atoms with Gasteiger partial charge in [0.25, 0.3) is 0 Å². The van der Waals surface area contributed by atoms with Crippen LogP contribution in [0.4, 0.5) is 0 Å². The van der Waals surface area contributed by atoms with Crippen molar-refractivity contribution in [2.24, 2.45) is 0 Å². The predicted octanol–water partition coefficient (Wildman–Crippen LogP) is 2.79. The molecule has 0 saturated heterocycles. The highest BCUT2D eigenvalue weighted by Crippen LogP contribution is 2.12. The van der Waals surface area contributed by atoms with Gasteiger partial charge in [0.2, 0.25) is 0 Å². The Balaban J connectivity index is 2.70. The van der Waals surface area contributed by atoms with Crippen molar-refractivity contribution >= 4 is 0 Å². The zero-order valence-electron chi connectivity index (χ0n) is 6.68. The van der Waals surface area contributed by atoms with Gasteiger partial charge in [-0.15, -0.1) is 0 Å². The third-order valence-corrected chi connectivity index (χ3v) is 1.70. The van der Waals surface area contributed by atoms with Gasteiger partial charge < -0.3 is 4.42 Å². The molecule has 56 valence electrons. The van der Waals surface area contributed by atoms with Crippen LogP contribution in [0.1, 0.15) is 31.6 Å². The van der Waals surface area contributed by atoms with Gasteiger partial charge in [0.1, 0.15) is 5.76 Å². The maximum atomic E-state index is 5.30. The molecule has 0 aromatic carbocycles. The standard InChI is InChI=1S/C9H14O/c1-3-5-9-8(4-2)6-7-10-9/h6-7H,3-5H2,1-2H3. The van der Waals surface area contributed by atoms with Crippen molar-refractivity contribution in [1.82, 2.24) is 0 Å². The Bertz CT molecular complexity index is 188. The molecule has 0 amide bonds. The molecular formula is C9H14O. The number of rotatable bonds is 3. The van der Waals surface area contributed by atoms with E-state index in [9.17, 15) is 0 Å². The minimum Gasteiger partial charge on any atom is -0.469 e. The second-order valence-electron chi connectivity index (χ2n) is 2.47. The summed E-state index contributed by atoms with van der Waals surface area (Å²) in [6, 6.07) is 2.06. The molecule has 0 aliphatic rings. The number of furan rings is 1. The van der Waals surface area contributed by atoms with Crippen LogP contribution in [0.25, 0.3) is 0 Å². The molecule has 1 aromatic rings. The molecule has 0 N–H and O–H groups in total. The largest absolute Gasteiger partial charge is 0.469 e. The average Bonchev–Trinajstić information content (AvgIpc) is 2.36. The second kappa shape index (κ2) is 3.45. The monoisotopic (exact) mass is 138 g/mol. The molecule has 1 aromatic heterocycles. The van der Waals surface area contributed by atoms with E-state index in [2.05, 4.69) is 19.9 Å². The van der Waals surface area contributed by atoms with E-state index in [1.165, 1.54) is 17.7 Å². The predicted molar refractivity (Wildman–Crippen MR) is 42.1 cm³/mol. The zero-order chi connectivity index (χ0) is 7.40. The van der Waals surface area contributed by atoms with E-state index in [-0.39, 0.29) is 0 Å². The van der Waals surface area contributed by atoms with Crippen molar-refractivity contribution in [1.29, 1.82) is 0 Å². The molecular weight excluding hydrogens is 124 g/mol. The highest BCUT2D eigenvalue weighted by molar-refractivity contribution is 5.16. The van der Waals surface area contributed by atoms with Crippen molar-refractivity contribution in [2.45, 2.75) is 33.1 Å². The Morgan fingerprint density at radius 2 is 2.20 bits per heavy atom. The Labute approximate surface area is 62.1 Å². The molecule has 0 aliphatic carbocycles. The zero-order valence-corrected chi connectivity index (χ0v) is 6.68. The molecule has 0 saturated carbocycles. The lowest BCUT2D eigenvalue weighted by Gasteiger charge is -1.94. The third-order valence-electron chi connectivity index (χ3n) is 1.70. The smallest absolute Gasteiger partial charge is 0.106 e. The Morgan fingerprint density at radius 3 is 2.80 bits per heavy atom. The van der Waals surface area contributed by atoms with Gasteiger partial charge in [0, 0.05) is 6.42 Å². The van der Waals surface area contributed by atoms with E-state index in [1.54, 1.807) is 6.26 Å². The topological polar surface area (TPSA) is 13.1 Å². The fourth-order valence-electron chi connectivity index (χ4n) is 1.13. The SMILES string of the molecule is CCCc1occc1CC. The second-order valence-corrected chi connectivity index (χ2v) is 2.47. The highest BCUT2D eigenvalue weighted by atomic mass is 16.3. The molecule has 1 heteroatoms. The van der Waals surface area contributed by atoms with Crippen LogP contribution in [0.2, 0.25) is 0 Å². The molecule has 0 bridgehead atoms. The summed E-state index contributed by atoms with van der Waals surface area (Å²) in [6.07, 6.45) is 5.12. The van der Waals surface area contributed by atoms with Crippen LogP contribution in [0.3, 0.4) is 0 Å². The normalized spacial score (nSPS) is 10.2. The van der Waals surface area contributed by atoms with Crippen molar-refractivity contribution in [3.8, 4) is 0 Å². The first-order valence-corrected chi connectivity index (χ1v) is 3.93. The lowest BCUT2D eigenvalue weighted by molar-refractivity contribution is 0.502. The Kier molecular flexibility index (Phi) is 2.55. The summed E-state index contributed by atoms with van der Waals surface area (Å²) in [7, 11) is 0. The Morgan fingerprint density at radius 1 is 1.40 bits per heavy atom. The molecule has 10 heavy (non-hydrogen) atoms. The molecule has 0 unspecified atom stereocenters. The summed E-state index contributed by atoms with van der Waals surface area (Å²) < 4.78 is 5.30.